The fourth-order valence-corrected chi connectivity index (χ4v) is 2.57. The topological polar surface area (TPSA) is 42.0 Å². The summed E-state index contributed by atoms with van der Waals surface area (Å²) >= 11 is 5.60. The van der Waals surface area contributed by atoms with Crippen LogP contribution in [0, 0.1) is 5.92 Å². The Balaban J connectivity index is 2.07. The zero-order chi connectivity index (χ0) is 14.8. The third-order valence-electron chi connectivity index (χ3n) is 3.49. The molecule has 1 saturated carbocycles. The number of carbonyl (C=O) groups is 1. The molecule has 0 radical (unpaired) electrons. The number of nitrogens with zero attached hydrogens (tertiary/aromatic N) is 1. The normalized spacial score (nSPS) is 23.4. The lowest BCUT2D eigenvalue weighted by Crippen LogP contribution is -2.47. The fraction of sp³-hybridized carbons (Fsp3) is 0.538. The molecule has 0 aromatic carbocycles. The highest BCUT2D eigenvalue weighted by atomic mass is 35.5. The molecule has 1 N–H and O–H groups in total. The number of halogens is 4. The monoisotopic (exact) mass is 306 g/mol. The van der Waals surface area contributed by atoms with Gasteiger partial charge in [-0.2, -0.15) is 13.2 Å². The Kier molecular flexibility index (Phi) is 4.52. The molecule has 7 heteroatoms. The summed E-state index contributed by atoms with van der Waals surface area (Å²) in [6, 6.07) is 2.00. The van der Waals surface area contributed by atoms with E-state index in [9.17, 15) is 18.0 Å². The molecule has 0 bridgehead atoms. The van der Waals surface area contributed by atoms with E-state index in [1.165, 1.54) is 18.3 Å². The molecule has 1 aliphatic carbocycles. The lowest BCUT2D eigenvalue weighted by molar-refractivity contribution is -0.187. The Morgan fingerprint density at radius 2 is 2.00 bits per heavy atom. The number of hydrogen-bond acceptors (Lipinski definition) is 2. The maximum atomic E-state index is 12.9. The molecule has 0 aliphatic heterocycles. The molecule has 1 aliphatic rings. The van der Waals surface area contributed by atoms with Gasteiger partial charge < -0.3 is 5.32 Å². The van der Waals surface area contributed by atoms with Crippen molar-refractivity contribution in [3.05, 3.63) is 29.0 Å². The third kappa shape index (κ3) is 3.62. The minimum atomic E-state index is -4.28. The molecular formula is C13H14ClF3N2O. The van der Waals surface area contributed by atoms with Crippen LogP contribution in [0.4, 0.5) is 13.2 Å². The number of rotatable bonds is 2. The van der Waals surface area contributed by atoms with Crippen molar-refractivity contribution in [3.8, 4) is 0 Å². The lowest BCUT2D eigenvalue weighted by Gasteiger charge is -2.33. The van der Waals surface area contributed by atoms with Crippen LogP contribution in [-0.2, 0) is 0 Å². The molecule has 1 aromatic heterocycles. The summed E-state index contributed by atoms with van der Waals surface area (Å²) in [7, 11) is 0. The zero-order valence-electron chi connectivity index (χ0n) is 10.6. The summed E-state index contributed by atoms with van der Waals surface area (Å²) in [4.78, 5) is 15.7. The van der Waals surface area contributed by atoms with Gasteiger partial charge in [-0.3, -0.25) is 4.79 Å². The van der Waals surface area contributed by atoms with Gasteiger partial charge in [0.2, 0.25) is 0 Å². The summed E-state index contributed by atoms with van der Waals surface area (Å²) < 4.78 is 38.7. The van der Waals surface area contributed by atoms with Crippen molar-refractivity contribution >= 4 is 17.5 Å². The predicted octanol–water partition coefficient (Wildman–Crippen LogP) is 3.59. The number of alkyl halides is 3. The Morgan fingerprint density at radius 1 is 1.30 bits per heavy atom. The van der Waals surface area contributed by atoms with E-state index in [0.29, 0.717) is 19.3 Å². The van der Waals surface area contributed by atoms with Gasteiger partial charge in [-0.1, -0.05) is 24.4 Å². The number of carbonyl (C=O) groups excluding carboxylic acids is 1. The first-order chi connectivity index (χ1) is 9.38. The van der Waals surface area contributed by atoms with Crippen LogP contribution in [0.2, 0.25) is 5.15 Å². The van der Waals surface area contributed by atoms with Crippen molar-refractivity contribution in [2.24, 2.45) is 5.92 Å². The van der Waals surface area contributed by atoms with Gasteiger partial charge in [-0.05, 0) is 25.0 Å². The molecule has 20 heavy (non-hydrogen) atoms. The lowest BCUT2D eigenvalue weighted by atomic mass is 9.84. The molecule has 1 heterocycles. The fourth-order valence-electron chi connectivity index (χ4n) is 2.46. The van der Waals surface area contributed by atoms with Crippen molar-refractivity contribution in [1.29, 1.82) is 0 Å². The maximum absolute atomic E-state index is 12.9. The minimum absolute atomic E-state index is 0.0628. The second kappa shape index (κ2) is 5.99. The summed E-state index contributed by atoms with van der Waals surface area (Å²) in [5.74, 6) is -2.02. The molecule has 0 unspecified atom stereocenters. The van der Waals surface area contributed by atoms with Crippen LogP contribution in [0.1, 0.15) is 36.0 Å². The van der Waals surface area contributed by atoms with Crippen molar-refractivity contribution in [1.82, 2.24) is 10.3 Å². The van der Waals surface area contributed by atoms with Gasteiger partial charge in [0.05, 0.1) is 11.5 Å². The largest absolute Gasteiger partial charge is 0.393 e. The van der Waals surface area contributed by atoms with E-state index >= 15 is 0 Å². The van der Waals surface area contributed by atoms with Crippen LogP contribution in [0.15, 0.2) is 18.3 Å². The van der Waals surface area contributed by atoms with Crippen LogP contribution in [-0.4, -0.2) is 23.1 Å². The average Bonchev–Trinajstić information content (AvgIpc) is 2.38. The van der Waals surface area contributed by atoms with E-state index < -0.39 is 24.0 Å². The van der Waals surface area contributed by atoms with Gasteiger partial charge in [0.1, 0.15) is 5.15 Å². The summed E-state index contributed by atoms with van der Waals surface area (Å²) in [5, 5.41) is 2.70. The molecular weight excluding hydrogens is 293 g/mol. The molecule has 1 fully saturated rings. The SMILES string of the molecule is O=C(N[C@@H]1CCCC[C@H]1C(F)(F)F)c1ccc(Cl)nc1. The van der Waals surface area contributed by atoms with E-state index in [4.69, 9.17) is 11.6 Å². The molecule has 110 valence electrons. The van der Waals surface area contributed by atoms with E-state index in [0.717, 1.165) is 0 Å². The number of pyridine rings is 1. The minimum Gasteiger partial charge on any atom is -0.349 e. The standard InChI is InChI=1S/C13H14ClF3N2O/c14-11-6-5-8(7-18-11)12(20)19-10-4-2-1-3-9(10)13(15,16)17/h5-7,9-10H,1-4H2,(H,19,20)/t9-,10-/m1/s1. The summed E-state index contributed by atoms with van der Waals surface area (Å²) in [6.07, 6.45) is -1.39. The molecule has 3 nitrogen and oxygen atoms in total. The first-order valence-electron chi connectivity index (χ1n) is 6.37. The number of amides is 1. The Hall–Kier alpha value is -1.30. The highest BCUT2D eigenvalue weighted by Gasteiger charge is 2.45. The zero-order valence-corrected chi connectivity index (χ0v) is 11.3. The first kappa shape index (κ1) is 15.1. The Morgan fingerprint density at radius 3 is 2.60 bits per heavy atom. The molecule has 0 spiro atoms. The highest BCUT2D eigenvalue weighted by molar-refractivity contribution is 6.29. The van der Waals surface area contributed by atoms with Crippen LogP contribution in [0.5, 0.6) is 0 Å². The van der Waals surface area contributed by atoms with Gasteiger partial charge >= 0.3 is 6.18 Å². The van der Waals surface area contributed by atoms with Gasteiger partial charge in [0.25, 0.3) is 5.91 Å². The second-order valence-corrected chi connectivity index (χ2v) is 5.27. The molecule has 0 saturated heterocycles. The summed E-state index contributed by atoms with van der Waals surface area (Å²) in [6.45, 7) is 0. The highest BCUT2D eigenvalue weighted by Crippen LogP contribution is 2.37. The number of aromatic nitrogens is 1. The smallest absolute Gasteiger partial charge is 0.349 e. The Labute approximate surface area is 119 Å². The maximum Gasteiger partial charge on any atom is 0.393 e. The average molecular weight is 307 g/mol. The molecule has 1 aromatic rings. The number of nitrogens with one attached hydrogen (secondary N) is 1. The van der Waals surface area contributed by atoms with E-state index in [1.54, 1.807) is 0 Å². The number of hydrogen-bond donors (Lipinski definition) is 1. The van der Waals surface area contributed by atoms with Crippen LogP contribution in [0.25, 0.3) is 0 Å². The van der Waals surface area contributed by atoms with E-state index in [-0.39, 0.29) is 17.1 Å². The van der Waals surface area contributed by atoms with Crippen molar-refractivity contribution in [3.63, 3.8) is 0 Å². The van der Waals surface area contributed by atoms with Crippen molar-refractivity contribution in [2.75, 3.05) is 0 Å². The van der Waals surface area contributed by atoms with Crippen molar-refractivity contribution < 1.29 is 18.0 Å². The molecule has 2 rings (SSSR count). The van der Waals surface area contributed by atoms with Crippen molar-refractivity contribution in [2.45, 2.75) is 37.9 Å². The second-order valence-electron chi connectivity index (χ2n) is 4.88. The van der Waals surface area contributed by atoms with Gasteiger partial charge in [0.15, 0.2) is 0 Å². The first-order valence-corrected chi connectivity index (χ1v) is 6.75. The summed E-state index contributed by atoms with van der Waals surface area (Å²) in [5.41, 5.74) is 0.209. The van der Waals surface area contributed by atoms with Crippen LogP contribution in [0.3, 0.4) is 0 Å². The molecule has 2 atom stereocenters. The van der Waals surface area contributed by atoms with Crippen LogP contribution < -0.4 is 5.32 Å². The van der Waals surface area contributed by atoms with Gasteiger partial charge in [0, 0.05) is 12.2 Å². The van der Waals surface area contributed by atoms with Gasteiger partial charge in [-0.25, -0.2) is 4.98 Å². The van der Waals surface area contributed by atoms with Crippen LogP contribution >= 0.6 is 11.6 Å². The third-order valence-corrected chi connectivity index (χ3v) is 3.72. The predicted molar refractivity (Wildman–Crippen MR) is 68.5 cm³/mol. The molecule has 1 amide bonds. The Bertz CT molecular complexity index is 475. The van der Waals surface area contributed by atoms with E-state index in [1.807, 2.05) is 0 Å². The van der Waals surface area contributed by atoms with E-state index in [2.05, 4.69) is 10.3 Å². The quantitative estimate of drug-likeness (QED) is 0.849. The van der Waals surface area contributed by atoms with Gasteiger partial charge in [-0.15, -0.1) is 0 Å².